The van der Waals surface area contributed by atoms with E-state index in [0.717, 1.165) is 0 Å². The average molecular weight is 412 g/mol. The Balaban J connectivity index is 1.83. The maximum Gasteiger partial charge on any atom is 0.261 e. The monoisotopic (exact) mass is 412 g/mol. The summed E-state index contributed by atoms with van der Waals surface area (Å²) >= 11 is 0. The lowest BCUT2D eigenvalue weighted by molar-refractivity contribution is 0.0784. The second kappa shape index (κ2) is 8.45. The van der Waals surface area contributed by atoms with E-state index in [1.165, 1.54) is 29.2 Å². The third kappa shape index (κ3) is 4.81. The fraction of sp³-hybridized carbons (Fsp3) is 0.136. The molecule has 0 aliphatic heterocycles. The summed E-state index contributed by atoms with van der Waals surface area (Å²) in [5.41, 5.74) is 1.71. The van der Waals surface area contributed by atoms with Crippen LogP contribution in [0.5, 0.6) is 0 Å². The van der Waals surface area contributed by atoms with Crippen molar-refractivity contribution in [2.75, 3.05) is 11.8 Å². The molecule has 0 fully saturated rings. The van der Waals surface area contributed by atoms with Gasteiger partial charge in [-0.1, -0.05) is 42.5 Å². The number of hydrogen-bond donors (Lipinski definition) is 1. The zero-order valence-corrected chi connectivity index (χ0v) is 16.9. The summed E-state index contributed by atoms with van der Waals surface area (Å²) in [7, 11) is -2.21. The maximum absolute atomic E-state index is 13.9. The zero-order chi connectivity index (χ0) is 21.0. The minimum absolute atomic E-state index is 0.102. The molecule has 1 N–H and O–H groups in total. The molecule has 0 unspecified atom stereocenters. The van der Waals surface area contributed by atoms with E-state index in [-0.39, 0.29) is 23.2 Å². The summed E-state index contributed by atoms with van der Waals surface area (Å²) < 4.78 is 41.6. The minimum atomic E-state index is -3.78. The van der Waals surface area contributed by atoms with Crippen molar-refractivity contribution in [1.29, 1.82) is 0 Å². The van der Waals surface area contributed by atoms with Gasteiger partial charge in [0.2, 0.25) is 0 Å². The Kier molecular flexibility index (Phi) is 5.98. The maximum atomic E-state index is 13.9. The van der Waals surface area contributed by atoms with Crippen LogP contribution in [-0.4, -0.2) is 26.3 Å². The fourth-order valence-corrected chi connectivity index (χ4v) is 3.99. The first-order valence-electron chi connectivity index (χ1n) is 8.95. The summed E-state index contributed by atoms with van der Waals surface area (Å²) in [6.45, 7) is 1.85. The van der Waals surface area contributed by atoms with Gasteiger partial charge < -0.3 is 4.90 Å². The number of carbonyl (C=O) groups is 1. The van der Waals surface area contributed by atoms with Gasteiger partial charge in [0.15, 0.2) is 0 Å². The van der Waals surface area contributed by atoms with Gasteiger partial charge in [0.05, 0.1) is 10.6 Å². The van der Waals surface area contributed by atoms with Gasteiger partial charge in [-0.25, -0.2) is 12.8 Å². The molecule has 0 atom stereocenters. The molecular weight excluding hydrogens is 391 g/mol. The number of benzene rings is 3. The Bertz CT molecular complexity index is 1130. The second-order valence-electron chi connectivity index (χ2n) is 6.70. The summed E-state index contributed by atoms with van der Waals surface area (Å²) in [6.07, 6.45) is 0. The quantitative estimate of drug-likeness (QED) is 0.660. The molecular formula is C22H21FN2O3S. The van der Waals surface area contributed by atoms with Crippen LogP contribution in [0.2, 0.25) is 0 Å². The fourth-order valence-electron chi connectivity index (χ4n) is 2.84. The van der Waals surface area contributed by atoms with Crippen LogP contribution in [0.1, 0.15) is 21.5 Å². The Morgan fingerprint density at radius 3 is 2.34 bits per heavy atom. The Morgan fingerprint density at radius 1 is 1.00 bits per heavy atom. The predicted molar refractivity (Wildman–Crippen MR) is 111 cm³/mol. The Morgan fingerprint density at radius 2 is 1.66 bits per heavy atom. The first kappa shape index (κ1) is 20.5. The molecule has 5 nitrogen and oxygen atoms in total. The van der Waals surface area contributed by atoms with Crippen molar-refractivity contribution in [3.05, 3.63) is 95.3 Å². The molecule has 29 heavy (non-hydrogen) atoms. The van der Waals surface area contributed by atoms with Crippen LogP contribution < -0.4 is 4.72 Å². The molecule has 1 amide bonds. The largest absolute Gasteiger partial charge is 0.337 e. The number of amides is 1. The van der Waals surface area contributed by atoms with Crippen LogP contribution in [0.4, 0.5) is 10.1 Å². The number of rotatable bonds is 6. The van der Waals surface area contributed by atoms with Crippen LogP contribution >= 0.6 is 0 Å². The van der Waals surface area contributed by atoms with Crippen LogP contribution in [0, 0.1) is 12.7 Å². The van der Waals surface area contributed by atoms with E-state index in [0.29, 0.717) is 22.4 Å². The molecule has 7 heteroatoms. The molecule has 0 bridgehead atoms. The number of nitrogens with one attached hydrogen (secondary N) is 1. The van der Waals surface area contributed by atoms with E-state index < -0.39 is 10.0 Å². The van der Waals surface area contributed by atoms with E-state index in [1.807, 2.05) is 0 Å². The third-order valence-corrected chi connectivity index (χ3v) is 5.88. The molecule has 0 saturated carbocycles. The number of anilines is 1. The molecule has 3 aromatic carbocycles. The van der Waals surface area contributed by atoms with Crippen molar-refractivity contribution in [1.82, 2.24) is 4.90 Å². The third-order valence-electron chi connectivity index (χ3n) is 4.49. The average Bonchev–Trinajstić information content (AvgIpc) is 2.71. The van der Waals surface area contributed by atoms with Crippen LogP contribution in [-0.2, 0) is 16.6 Å². The van der Waals surface area contributed by atoms with Crippen molar-refractivity contribution in [3.63, 3.8) is 0 Å². The highest BCUT2D eigenvalue weighted by atomic mass is 32.2. The first-order chi connectivity index (χ1) is 13.8. The highest BCUT2D eigenvalue weighted by molar-refractivity contribution is 7.92. The molecule has 0 aromatic heterocycles. The number of hydrogen-bond acceptors (Lipinski definition) is 3. The van der Waals surface area contributed by atoms with Gasteiger partial charge in [0.1, 0.15) is 5.82 Å². The summed E-state index contributed by atoms with van der Waals surface area (Å²) in [6, 6.07) is 19.0. The number of sulfonamides is 1. The van der Waals surface area contributed by atoms with E-state index in [1.54, 1.807) is 62.5 Å². The molecule has 3 aromatic rings. The van der Waals surface area contributed by atoms with Gasteiger partial charge in [-0.05, 0) is 42.8 Å². The molecule has 0 aliphatic carbocycles. The smallest absolute Gasteiger partial charge is 0.261 e. The van der Waals surface area contributed by atoms with E-state index in [2.05, 4.69) is 4.72 Å². The molecule has 0 spiro atoms. The van der Waals surface area contributed by atoms with Gasteiger partial charge in [0, 0.05) is 24.7 Å². The molecule has 0 saturated heterocycles. The Hall–Kier alpha value is -3.19. The summed E-state index contributed by atoms with van der Waals surface area (Å²) in [5.74, 6) is -0.722. The molecule has 0 heterocycles. The lowest BCUT2D eigenvalue weighted by Gasteiger charge is -2.19. The predicted octanol–water partition coefficient (Wildman–Crippen LogP) is 4.21. The van der Waals surface area contributed by atoms with Gasteiger partial charge in [-0.15, -0.1) is 0 Å². The second-order valence-corrected chi connectivity index (χ2v) is 8.38. The molecule has 0 radical (unpaired) electrons. The standard InChI is InChI=1S/C22H21FN2O3S/c1-16-12-13-17(22(26)25(2)15-18-8-6-7-11-20(18)23)14-21(16)24-29(27,28)19-9-4-3-5-10-19/h3-14,24H,15H2,1-2H3. The SMILES string of the molecule is Cc1ccc(C(=O)N(C)Cc2ccccc2F)cc1NS(=O)(=O)c1ccccc1. The number of carbonyl (C=O) groups excluding carboxylic acids is 1. The minimum Gasteiger partial charge on any atom is -0.337 e. The molecule has 0 aliphatic rings. The summed E-state index contributed by atoms with van der Waals surface area (Å²) in [4.78, 5) is 14.3. The van der Waals surface area contributed by atoms with Crippen molar-refractivity contribution in [2.24, 2.45) is 0 Å². The van der Waals surface area contributed by atoms with E-state index in [4.69, 9.17) is 0 Å². The number of aryl methyl sites for hydroxylation is 1. The Labute approximate surface area is 169 Å². The highest BCUT2D eigenvalue weighted by Gasteiger charge is 2.18. The first-order valence-corrected chi connectivity index (χ1v) is 10.4. The lowest BCUT2D eigenvalue weighted by atomic mass is 10.1. The normalized spacial score (nSPS) is 11.1. The van der Waals surface area contributed by atoms with Crippen molar-refractivity contribution in [2.45, 2.75) is 18.4 Å². The summed E-state index contributed by atoms with van der Waals surface area (Å²) in [5, 5.41) is 0. The van der Waals surface area contributed by atoms with Crippen LogP contribution in [0.3, 0.4) is 0 Å². The highest BCUT2D eigenvalue weighted by Crippen LogP contribution is 2.22. The van der Waals surface area contributed by atoms with Crippen molar-refractivity contribution < 1.29 is 17.6 Å². The van der Waals surface area contributed by atoms with Gasteiger partial charge >= 0.3 is 0 Å². The van der Waals surface area contributed by atoms with Crippen molar-refractivity contribution in [3.8, 4) is 0 Å². The van der Waals surface area contributed by atoms with Crippen LogP contribution in [0.25, 0.3) is 0 Å². The lowest BCUT2D eigenvalue weighted by Crippen LogP contribution is -2.27. The van der Waals surface area contributed by atoms with Gasteiger partial charge in [0.25, 0.3) is 15.9 Å². The van der Waals surface area contributed by atoms with Crippen LogP contribution in [0.15, 0.2) is 77.7 Å². The van der Waals surface area contributed by atoms with Gasteiger partial charge in [-0.2, -0.15) is 0 Å². The van der Waals surface area contributed by atoms with E-state index >= 15 is 0 Å². The number of halogens is 1. The van der Waals surface area contributed by atoms with Crippen molar-refractivity contribution >= 4 is 21.6 Å². The van der Waals surface area contributed by atoms with Gasteiger partial charge in [-0.3, -0.25) is 9.52 Å². The number of nitrogens with zero attached hydrogens (tertiary/aromatic N) is 1. The molecule has 150 valence electrons. The van der Waals surface area contributed by atoms with E-state index in [9.17, 15) is 17.6 Å². The molecule has 3 rings (SSSR count). The topological polar surface area (TPSA) is 66.5 Å². The zero-order valence-electron chi connectivity index (χ0n) is 16.1.